The van der Waals surface area contributed by atoms with Gasteiger partial charge >= 0.3 is 0 Å². The Morgan fingerprint density at radius 3 is 1.64 bits per heavy atom. The highest BCUT2D eigenvalue weighted by molar-refractivity contribution is 7.05. The van der Waals surface area contributed by atoms with E-state index in [0.717, 1.165) is 33.2 Å². The molecule has 1 aromatic heterocycles. The molecule has 4 heteroatoms. The molecular weight excluding hydrogens is 659 g/mol. The fourth-order valence-corrected chi connectivity index (χ4v) is 11.7. The quantitative estimate of drug-likeness (QED) is 0.168. The molecule has 2 heterocycles. The number of rotatable bonds is 5. The first kappa shape index (κ1) is 31.3. The van der Waals surface area contributed by atoms with Crippen LogP contribution >= 0.6 is 0 Å². The van der Waals surface area contributed by atoms with E-state index in [2.05, 4.69) is 183 Å². The Kier molecular flexibility index (Phi) is 7.27. The summed E-state index contributed by atoms with van der Waals surface area (Å²) < 4.78 is 0. The summed E-state index contributed by atoms with van der Waals surface area (Å²) in [4.78, 5) is 15.7. The fourth-order valence-electron chi connectivity index (χ4n) is 8.25. The van der Waals surface area contributed by atoms with Crippen LogP contribution in [0.3, 0.4) is 0 Å². The summed E-state index contributed by atoms with van der Waals surface area (Å²) in [6.45, 7) is 4.96. The van der Waals surface area contributed by atoms with Crippen LogP contribution in [0, 0.1) is 0 Å². The zero-order chi connectivity index (χ0) is 35.5. The van der Waals surface area contributed by atoms with E-state index in [-0.39, 0.29) is 0 Å². The largest absolute Gasteiger partial charge is 0.208 e. The third kappa shape index (κ3) is 5.30. The fraction of sp³-hybridized carbons (Fsp3) is 0.0408. The molecule has 0 saturated heterocycles. The predicted molar refractivity (Wildman–Crippen MR) is 224 cm³/mol. The van der Waals surface area contributed by atoms with Crippen molar-refractivity contribution >= 4 is 40.0 Å². The van der Waals surface area contributed by atoms with Crippen molar-refractivity contribution in [3.63, 3.8) is 0 Å². The van der Waals surface area contributed by atoms with Crippen LogP contribution in [0.15, 0.2) is 176 Å². The molecule has 1 aliphatic rings. The molecule has 0 unspecified atom stereocenters. The summed E-state index contributed by atoms with van der Waals surface area (Å²) in [7, 11) is -1.95. The molecule has 0 bridgehead atoms. The van der Waals surface area contributed by atoms with Crippen molar-refractivity contribution in [3.05, 3.63) is 176 Å². The second-order valence-electron chi connectivity index (χ2n) is 14.5. The van der Waals surface area contributed by atoms with Crippen molar-refractivity contribution in [2.24, 2.45) is 0 Å². The average molecular weight is 694 g/mol. The molecule has 0 N–H and O–H groups in total. The summed E-state index contributed by atoms with van der Waals surface area (Å²) in [6.07, 6.45) is 0. The second kappa shape index (κ2) is 12.3. The van der Waals surface area contributed by atoms with E-state index >= 15 is 0 Å². The zero-order valence-corrected chi connectivity index (χ0v) is 30.6. The normalized spacial score (nSPS) is 12.9. The smallest absolute Gasteiger partial charge is 0.164 e. The van der Waals surface area contributed by atoms with Gasteiger partial charge in [-0.2, -0.15) is 0 Å². The Hall–Kier alpha value is -6.49. The molecular formula is C49H35N3Si. The molecule has 0 spiro atoms. The molecule has 250 valence electrons. The Balaban J connectivity index is 1.15. The summed E-state index contributed by atoms with van der Waals surface area (Å²) in [5.41, 5.74) is 10.2. The molecule has 0 radical (unpaired) electrons. The van der Waals surface area contributed by atoms with Crippen LogP contribution in [0.2, 0.25) is 13.1 Å². The van der Waals surface area contributed by atoms with Crippen LogP contribution in [-0.2, 0) is 0 Å². The van der Waals surface area contributed by atoms with E-state index < -0.39 is 8.07 Å². The molecule has 0 amide bonds. The lowest BCUT2D eigenvalue weighted by atomic mass is 9.98. The molecule has 1 aliphatic heterocycles. The van der Waals surface area contributed by atoms with E-state index in [1.807, 2.05) is 6.07 Å². The van der Waals surface area contributed by atoms with Crippen LogP contribution in [0.5, 0.6) is 0 Å². The maximum absolute atomic E-state index is 5.25. The molecule has 0 saturated carbocycles. The van der Waals surface area contributed by atoms with Crippen LogP contribution in [0.1, 0.15) is 0 Å². The van der Waals surface area contributed by atoms with Gasteiger partial charge in [0.1, 0.15) is 8.07 Å². The highest BCUT2D eigenvalue weighted by Gasteiger charge is 2.39. The number of fused-ring (bicyclic) bond motifs is 6. The van der Waals surface area contributed by atoms with Gasteiger partial charge in [-0.25, -0.2) is 15.0 Å². The van der Waals surface area contributed by atoms with Crippen LogP contribution in [0.4, 0.5) is 0 Å². The molecule has 9 aromatic rings. The summed E-state index contributed by atoms with van der Waals surface area (Å²) in [5, 5.41) is 7.97. The highest BCUT2D eigenvalue weighted by Crippen LogP contribution is 2.37. The zero-order valence-electron chi connectivity index (χ0n) is 29.6. The Morgan fingerprint density at radius 2 is 0.887 bits per heavy atom. The van der Waals surface area contributed by atoms with Crippen molar-refractivity contribution in [1.29, 1.82) is 0 Å². The number of nitrogens with zero attached hydrogens (tertiary/aromatic N) is 3. The lowest BCUT2D eigenvalue weighted by molar-refractivity contribution is 1.08. The summed E-state index contributed by atoms with van der Waals surface area (Å²) >= 11 is 0. The number of hydrogen-bond donors (Lipinski definition) is 0. The van der Waals surface area contributed by atoms with Crippen molar-refractivity contribution in [2.45, 2.75) is 13.1 Å². The van der Waals surface area contributed by atoms with E-state index in [1.165, 1.54) is 48.8 Å². The van der Waals surface area contributed by atoms with Gasteiger partial charge in [0, 0.05) is 16.7 Å². The SMILES string of the molecule is C[Si]1(C)c2ccc(-c3nc(-c4ccc5cc(-c6ccccc6)ccc5c4)nc(-c4ccccc4-c4ccccc4)n3)cc2-c2ccc3ccccc3c21. The lowest BCUT2D eigenvalue weighted by Crippen LogP contribution is -2.49. The average Bonchev–Trinajstić information content (AvgIpc) is 3.46. The molecule has 8 aromatic carbocycles. The van der Waals surface area contributed by atoms with E-state index in [1.54, 1.807) is 0 Å². The first-order valence-corrected chi connectivity index (χ1v) is 21.2. The third-order valence-electron chi connectivity index (χ3n) is 10.9. The molecule has 53 heavy (non-hydrogen) atoms. The van der Waals surface area contributed by atoms with Gasteiger partial charge in [0.25, 0.3) is 0 Å². The van der Waals surface area contributed by atoms with Gasteiger partial charge in [0.05, 0.1) is 0 Å². The van der Waals surface area contributed by atoms with Crippen LogP contribution in [-0.4, -0.2) is 23.0 Å². The number of hydrogen-bond acceptors (Lipinski definition) is 3. The maximum atomic E-state index is 5.25. The van der Waals surface area contributed by atoms with Crippen molar-refractivity contribution in [3.8, 4) is 67.5 Å². The minimum absolute atomic E-state index is 0.656. The van der Waals surface area contributed by atoms with Gasteiger partial charge in [0.15, 0.2) is 17.5 Å². The van der Waals surface area contributed by atoms with Gasteiger partial charge < -0.3 is 0 Å². The van der Waals surface area contributed by atoms with E-state index in [4.69, 9.17) is 15.0 Å². The van der Waals surface area contributed by atoms with Crippen molar-refractivity contribution < 1.29 is 0 Å². The monoisotopic (exact) mass is 693 g/mol. The highest BCUT2D eigenvalue weighted by atomic mass is 28.3. The van der Waals surface area contributed by atoms with Gasteiger partial charge in [0.2, 0.25) is 0 Å². The number of aromatic nitrogens is 3. The minimum Gasteiger partial charge on any atom is -0.208 e. The van der Waals surface area contributed by atoms with Gasteiger partial charge in [-0.15, -0.1) is 0 Å². The molecule has 0 atom stereocenters. The number of benzene rings is 8. The van der Waals surface area contributed by atoms with E-state index in [0.29, 0.717) is 17.5 Å². The summed E-state index contributed by atoms with van der Waals surface area (Å²) in [6, 6.07) is 62.9. The first-order valence-electron chi connectivity index (χ1n) is 18.2. The van der Waals surface area contributed by atoms with Gasteiger partial charge in [-0.1, -0.05) is 171 Å². The molecule has 0 fully saturated rings. The predicted octanol–water partition coefficient (Wildman–Crippen LogP) is 11.3. The second-order valence-corrected chi connectivity index (χ2v) is 18.7. The van der Waals surface area contributed by atoms with Gasteiger partial charge in [-0.3, -0.25) is 0 Å². The Bertz CT molecular complexity index is 2860. The third-order valence-corrected chi connectivity index (χ3v) is 14.5. The van der Waals surface area contributed by atoms with E-state index in [9.17, 15) is 0 Å². The summed E-state index contributed by atoms with van der Waals surface area (Å²) in [5.74, 6) is 1.98. The van der Waals surface area contributed by atoms with Gasteiger partial charge in [-0.05, 0) is 83.5 Å². The van der Waals surface area contributed by atoms with Crippen molar-refractivity contribution in [1.82, 2.24) is 15.0 Å². The lowest BCUT2D eigenvalue weighted by Gasteiger charge is -2.20. The molecule has 0 aliphatic carbocycles. The standard InChI is InChI=1S/C49H35N3Si/c1-53(2)45-28-26-39(31-44(45)42-27-25-34-17-9-10-19-41(34)46(42)53)48-50-47(51-49(52-48)43-20-12-11-18-40(43)33-15-7-4-8-16-33)38-24-23-36-29-35(21-22-37(36)30-38)32-13-5-3-6-14-32/h3-31H,1-2H3. The first-order chi connectivity index (χ1) is 26.0. The maximum Gasteiger partial charge on any atom is 0.164 e. The van der Waals surface area contributed by atoms with Crippen LogP contribution < -0.4 is 10.4 Å². The topological polar surface area (TPSA) is 38.7 Å². The molecule has 3 nitrogen and oxygen atoms in total. The van der Waals surface area contributed by atoms with Crippen LogP contribution in [0.25, 0.3) is 89.1 Å². The van der Waals surface area contributed by atoms with Crippen molar-refractivity contribution in [2.75, 3.05) is 0 Å². The minimum atomic E-state index is -1.95. The Labute approximate surface area is 310 Å². The molecule has 10 rings (SSSR count). The Morgan fingerprint density at radius 1 is 0.340 bits per heavy atom.